The first-order chi connectivity index (χ1) is 9.21. The van der Waals surface area contributed by atoms with Gasteiger partial charge in [0.1, 0.15) is 18.5 Å². The van der Waals surface area contributed by atoms with E-state index in [-0.39, 0.29) is 11.4 Å². The van der Waals surface area contributed by atoms with Crippen LogP contribution in [-0.2, 0) is 6.54 Å². The Kier molecular flexibility index (Phi) is 3.82. The van der Waals surface area contributed by atoms with Crippen LogP contribution in [0.25, 0.3) is 5.69 Å². The monoisotopic (exact) mass is 271 g/mol. The highest BCUT2D eigenvalue weighted by atomic mass is 35.5. The Bertz CT molecular complexity index is 690. The maximum Gasteiger partial charge on any atom is 0.177 e. The Labute approximate surface area is 115 Å². The molecule has 0 aliphatic rings. The lowest BCUT2D eigenvalue weighted by Crippen LogP contribution is -2.09. The molecule has 94 valence electrons. The number of imidazole rings is 1. The summed E-state index contributed by atoms with van der Waals surface area (Å²) in [4.78, 5) is 3.93. The Morgan fingerprint density at radius 3 is 2.79 bits per heavy atom. The molecule has 19 heavy (non-hydrogen) atoms. The summed E-state index contributed by atoms with van der Waals surface area (Å²) in [6.45, 7) is 0.598. The van der Waals surface area contributed by atoms with Crippen molar-refractivity contribution >= 4 is 11.6 Å². The summed E-state index contributed by atoms with van der Waals surface area (Å²) in [5.41, 5.74) is 2.05. The van der Waals surface area contributed by atoms with Crippen molar-refractivity contribution < 1.29 is 0 Å². The van der Waals surface area contributed by atoms with Crippen molar-refractivity contribution in [2.45, 2.75) is 6.54 Å². The Morgan fingerprint density at radius 2 is 2.16 bits per heavy atom. The van der Waals surface area contributed by atoms with E-state index in [1.54, 1.807) is 16.7 Å². The lowest BCUT2D eigenvalue weighted by atomic mass is 10.1. The van der Waals surface area contributed by atoms with Crippen molar-refractivity contribution in [2.75, 3.05) is 7.05 Å². The van der Waals surface area contributed by atoms with Crippen LogP contribution in [0.4, 0.5) is 0 Å². The standard InChI is InChI=1S/C13H10ClN5/c1-17-7-9-4-10(14)2-3-12(9)19-8-18-11(5-15)13(19)6-16/h2-4,8,17H,7H2,1H3. The summed E-state index contributed by atoms with van der Waals surface area (Å²) < 4.78 is 1.60. The minimum Gasteiger partial charge on any atom is -0.316 e. The van der Waals surface area contributed by atoms with Crippen LogP contribution >= 0.6 is 11.6 Å². The second-order valence-corrected chi connectivity index (χ2v) is 4.28. The molecular weight excluding hydrogens is 262 g/mol. The Balaban J connectivity index is 2.63. The van der Waals surface area contributed by atoms with Gasteiger partial charge in [-0.2, -0.15) is 10.5 Å². The molecule has 0 radical (unpaired) electrons. The van der Waals surface area contributed by atoms with Crippen LogP contribution in [0.15, 0.2) is 24.5 Å². The van der Waals surface area contributed by atoms with E-state index in [4.69, 9.17) is 22.1 Å². The maximum atomic E-state index is 9.15. The van der Waals surface area contributed by atoms with Crippen LogP contribution in [0.5, 0.6) is 0 Å². The topological polar surface area (TPSA) is 77.4 Å². The third-order valence-corrected chi connectivity index (χ3v) is 2.88. The normalized spacial score (nSPS) is 9.89. The van der Waals surface area contributed by atoms with Crippen LogP contribution in [-0.4, -0.2) is 16.6 Å². The van der Waals surface area contributed by atoms with E-state index < -0.39 is 0 Å². The number of benzene rings is 1. The molecule has 2 rings (SSSR count). The van der Waals surface area contributed by atoms with Gasteiger partial charge in [0.25, 0.3) is 0 Å². The van der Waals surface area contributed by atoms with Gasteiger partial charge in [0.05, 0.1) is 5.69 Å². The summed E-state index contributed by atoms with van der Waals surface area (Å²) >= 11 is 5.98. The average Bonchev–Trinajstić information content (AvgIpc) is 2.82. The Morgan fingerprint density at radius 1 is 1.37 bits per heavy atom. The second kappa shape index (κ2) is 5.53. The fourth-order valence-corrected chi connectivity index (χ4v) is 2.04. The highest BCUT2D eigenvalue weighted by Crippen LogP contribution is 2.22. The van der Waals surface area contributed by atoms with E-state index in [1.165, 1.54) is 6.33 Å². The molecule has 0 atom stereocenters. The molecule has 0 saturated heterocycles. The fraction of sp³-hybridized carbons (Fsp3) is 0.154. The molecule has 0 aliphatic carbocycles. The zero-order chi connectivity index (χ0) is 13.8. The number of nitrogens with zero attached hydrogens (tertiary/aromatic N) is 4. The number of rotatable bonds is 3. The van der Waals surface area contributed by atoms with Crippen molar-refractivity contribution in [3.8, 4) is 17.8 Å². The van der Waals surface area contributed by atoms with Gasteiger partial charge in [0.15, 0.2) is 11.4 Å². The molecule has 0 aliphatic heterocycles. The average molecular weight is 272 g/mol. The Hall–Kier alpha value is -2.34. The van der Waals surface area contributed by atoms with Gasteiger partial charge >= 0.3 is 0 Å². The van der Waals surface area contributed by atoms with Gasteiger partial charge in [-0.15, -0.1) is 0 Å². The molecule has 2 aromatic rings. The van der Waals surface area contributed by atoms with Crippen LogP contribution < -0.4 is 5.32 Å². The SMILES string of the molecule is CNCc1cc(Cl)ccc1-n1cnc(C#N)c1C#N. The van der Waals surface area contributed by atoms with Crippen molar-refractivity contribution in [2.24, 2.45) is 0 Å². The first-order valence-corrected chi connectivity index (χ1v) is 5.90. The summed E-state index contributed by atoms with van der Waals surface area (Å²) in [6.07, 6.45) is 1.47. The minimum absolute atomic E-state index is 0.118. The number of hydrogen-bond donors (Lipinski definition) is 1. The molecular formula is C13H10ClN5. The molecule has 6 heteroatoms. The first-order valence-electron chi connectivity index (χ1n) is 5.52. The van der Waals surface area contributed by atoms with E-state index in [2.05, 4.69) is 10.3 Å². The van der Waals surface area contributed by atoms with Gasteiger partial charge in [-0.25, -0.2) is 4.98 Å². The quantitative estimate of drug-likeness (QED) is 0.926. The van der Waals surface area contributed by atoms with E-state index in [1.807, 2.05) is 25.3 Å². The molecule has 0 saturated carbocycles. The first kappa shape index (κ1) is 13.1. The summed E-state index contributed by atoms with van der Waals surface area (Å²) in [5.74, 6) is 0. The predicted molar refractivity (Wildman–Crippen MR) is 70.8 cm³/mol. The lowest BCUT2D eigenvalue weighted by molar-refractivity contribution is 0.806. The number of aromatic nitrogens is 2. The zero-order valence-corrected chi connectivity index (χ0v) is 10.9. The lowest BCUT2D eigenvalue weighted by Gasteiger charge is -2.11. The largest absolute Gasteiger partial charge is 0.316 e. The van der Waals surface area contributed by atoms with Crippen molar-refractivity contribution in [1.29, 1.82) is 10.5 Å². The molecule has 1 aromatic carbocycles. The molecule has 0 fully saturated rings. The molecule has 0 bridgehead atoms. The van der Waals surface area contributed by atoms with Gasteiger partial charge < -0.3 is 5.32 Å². The van der Waals surface area contributed by atoms with E-state index in [0.717, 1.165) is 11.3 Å². The molecule has 1 aromatic heterocycles. The van der Waals surface area contributed by atoms with Crippen molar-refractivity contribution in [3.63, 3.8) is 0 Å². The molecule has 5 nitrogen and oxygen atoms in total. The van der Waals surface area contributed by atoms with Gasteiger partial charge in [-0.3, -0.25) is 4.57 Å². The van der Waals surface area contributed by atoms with Crippen LogP contribution in [0.2, 0.25) is 5.02 Å². The van der Waals surface area contributed by atoms with Gasteiger partial charge in [0, 0.05) is 11.6 Å². The fourth-order valence-electron chi connectivity index (χ4n) is 1.84. The zero-order valence-electron chi connectivity index (χ0n) is 10.2. The summed E-state index contributed by atoms with van der Waals surface area (Å²) in [6, 6.07) is 9.27. The van der Waals surface area contributed by atoms with Crippen LogP contribution in [0.3, 0.4) is 0 Å². The highest BCUT2D eigenvalue weighted by Gasteiger charge is 2.14. The minimum atomic E-state index is 0.118. The predicted octanol–water partition coefficient (Wildman–Crippen LogP) is 1.99. The van der Waals surface area contributed by atoms with Gasteiger partial charge in [-0.1, -0.05) is 11.6 Å². The maximum absolute atomic E-state index is 9.15. The molecule has 0 spiro atoms. The number of nitriles is 2. The third-order valence-electron chi connectivity index (χ3n) is 2.65. The van der Waals surface area contributed by atoms with E-state index >= 15 is 0 Å². The molecule has 0 unspecified atom stereocenters. The number of halogens is 1. The second-order valence-electron chi connectivity index (χ2n) is 3.84. The van der Waals surface area contributed by atoms with Gasteiger partial charge in [0.2, 0.25) is 0 Å². The third kappa shape index (κ3) is 2.43. The highest BCUT2D eigenvalue weighted by molar-refractivity contribution is 6.30. The summed E-state index contributed by atoms with van der Waals surface area (Å²) in [7, 11) is 1.82. The van der Waals surface area contributed by atoms with Gasteiger partial charge in [-0.05, 0) is 30.8 Å². The molecule has 0 amide bonds. The number of nitrogens with one attached hydrogen (secondary N) is 1. The number of hydrogen-bond acceptors (Lipinski definition) is 4. The smallest absolute Gasteiger partial charge is 0.177 e. The molecule has 1 N–H and O–H groups in total. The van der Waals surface area contributed by atoms with Crippen LogP contribution in [0, 0.1) is 22.7 Å². The van der Waals surface area contributed by atoms with E-state index in [9.17, 15) is 0 Å². The summed E-state index contributed by atoms with van der Waals surface area (Å²) in [5, 5.41) is 21.7. The van der Waals surface area contributed by atoms with Crippen LogP contribution in [0.1, 0.15) is 17.0 Å². The molecule has 1 heterocycles. The van der Waals surface area contributed by atoms with Crippen molar-refractivity contribution in [3.05, 3.63) is 46.5 Å². The van der Waals surface area contributed by atoms with E-state index in [0.29, 0.717) is 11.6 Å². The van der Waals surface area contributed by atoms with Crippen molar-refractivity contribution in [1.82, 2.24) is 14.9 Å².